The monoisotopic (exact) mass is 523 g/mol. The molecule has 7 heteroatoms. The van der Waals surface area contributed by atoms with Crippen molar-refractivity contribution in [2.75, 3.05) is 11.9 Å². The second-order valence-corrected chi connectivity index (χ2v) is 10.9. The molecular weight excluding hydrogens is 490 g/mol. The van der Waals surface area contributed by atoms with Gasteiger partial charge < -0.3 is 20.6 Å². The van der Waals surface area contributed by atoms with E-state index in [1.54, 1.807) is 0 Å². The van der Waals surface area contributed by atoms with Crippen LogP contribution in [0.5, 0.6) is 0 Å². The Hall–Kier alpha value is -4.13. The topological polar surface area (TPSA) is 98.7 Å². The molecule has 1 saturated carbocycles. The number of likely N-dealkylation sites (tertiary alicyclic amines) is 1. The van der Waals surface area contributed by atoms with Crippen LogP contribution >= 0.6 is 0 Å². The number of carbonyl (C=O) groups excluding carboxylic acids is 2. The number of aromatic carboxylic acids is 1. The van der Waals surface area contributed by atoms with Crippen molar-refractivity contribution < 1.29 is 19.5 Å². The highest BCUT2D eigenvalue weighted by Crippen LogP contribution is 2.51. The first-order valence-electron chi connectivity index (χ1n) is 13.9. The summed E-state index contributed by atoms with van der Waals surface area (Å²) in [6, 6.07) is 24.6. The molecule has 3 aromatic rings. The molecule has 3 aliphatic rings. The summed E-state index contributed by atoms with van der Waals surface area (Å²) >= 11 is 0. The highest BCUT2D eigenvalue weighted by Gasteiger charge is 2.48. The van der Waals surface area contributed by atoms with Crippen LogP contribution in [0.2, 0.25) is 0 Å². The molecule has 0 radical (unpaired) electrons. The number of fused-ring (bicyclic) bond motifs is 3. The van der Waals surface area contributed by atoms with E-state index in [1.807, 2.05) is 18.2 Å². The molecule has 1 saturated heterocycles. The molecular formula is C32H33N3O4. The summed E-state index contributed by atoms with van der Waals surface area (Å²) in [5.41, 5.74) is 4.00. The van der Waals surface area contributed by atoms with Gasteiger partial charge in [0.1, 0.15) is 0 Å². The van der Waals surface area contributed by atoms with E-state index in [0.717, 1.165) is 43.4 Å². The van der Waals surface area contributed by atoms with Crippen LogP contribution in [0.15, 0.2) is 78.9 Å². The number of anilines is 1. The molecule has 2 fully saturated rings. The zero-order chi connectivity index (χ0) is 26.9. The summed E-state index contributed by atoms with van der Waals surface area (Å²) in [5.74, 6) is -1.20. The van der Waals surface area contributed by atoms with Gasteiger partial charge in [-0.15, -0.1) is 0 Å². The molecule has 0 bridgehead atoms. The molecule has 2 aliphatic heterocycles. The standard InChI is InChI=1S/C32H33N3O4/c36-30(21-14-16-22(17-15-21)32(38)39)34-27-13-7-5-11-24(27)31(37)35-19-18-25-28(20-8-2-1-3-9-20)33-26-12-6-4-10-23(26)29(25)35/h1-4,6,8-10,12,14-17,24-25,27-29,33H,5,7,11,13,18-19H2,(H,34,36)(H,38,39)/t24-,25-,27+,28-,29-/m0/s1. The minimum absolute atomic E-state index is 0.0120. The average Bonchev–Trinajstić information content (AvgIpc) is 3.43. The van der Waals surface area contributed by atoms with Crippen LogP contribution in [-0.4, -0.2) is 40.4 Å². The van der Waals surface area contributed by atoms with Gasteiger partial charge in [0.05, 0.1) is 23.6 Å². The lowest BCUT2D eigenvalue weighted by atomic mass is 9.79. The van der Waals surface area contributed by atoms with Crippen molar-refractivity contribution in [2.24, 2.45) is 11.8 Å². The first-order valence-corrected chi connectivity index (χ1v) is 13.9. The van der Waals surface area contributed by atoms with Crippen LogP contribution in [-0.2, 0) is 4.79 Å². The van der Waals surface area contributed by atoms with Crippen LogP contribution < -0.4 is 10.6 Å². The van der Waals surface area contributed by atoms with E-state index in [4.69, 9.17) is 5.11 Å². The number of carbonyl (C=O) groups is 3. The van der Waals surface area contributed by atoms with Gasteiger partial charge in [-0.25, -0.2) is 4.79 Å². The highest BCUT2D eigenvalue weighted by atomic mass is 16.4. The molecule has 3 N–H and O–H groups in total. The van der Waals surface area contributed by atoms with E-state index < -0.39 is 5.97 Å². The van der Waals surface area contributed by atoms with Gasteiger partial charge in [0.25, 0.3) is 5.91 Å². The minimum Gasteiger partial charge on any atom is -0.478 e. The summed E-state index contributed by atoms with van der Waals surface area (Å²) in [5, 5.41) is 16.0. The Labute approximate surface area is 228 Å². The highest BCUT2D eigenvalue weighted by molar-refractivity contribution is 5.96. The number of nitrogens with one attached hydrogen (secondary N) is 2. The summed E-state index contributed by atoms with van der Waals surface area (Å²) in [7, 11) is 0. The summed E-state index contributed by atoms with van der Waals surface area (Å²) < 4.78 is 0. The van der Waals surface area contributed by atoms with Crippen molar-refractivity contribution in [3.63, 3.8) is 0 Å². The Morgan fingerprint density at radius 1 is 0.821 bits per heavy atom. The molecule has 6 rings (SSSR count). The molecule has 2 amide bonds. The van der Waals surface area contributed by atoms with Gasteiger partial charge in [-0.05, 0) is 60.7 Å². The Balaban J connectivity index is 1.25. The Bertz CT molecular complexity index is 1370. The maximum Gasteiger partial charge on any atom is 0.335 e. The van der Waals surface area contributed by atoms with Crippen LogP contribution in [0.3, 0.4) is 0 Å². The number of carboxylic acids is 1. The van der Waals surface area contributed by atoms with Crippen molar-refractivity contribution in [3.8, 4) is 0 Å². The molecule has 0 aromatic heterocycles. The quantitative estimate of drug-likeness (QED) is 0.414. The zero-order valence-corrected chi connectivity index (χ0v) is 21.8. The maximum atomic E-state index is 14.2. The van der Waals surface area contributed by atoms with Crippen LogP contribution in [0.4, 0.5) is 5.69 Å². The van der Waals surface area contributed by atoms with E-state index >= 15 is 0 Å². The molecule has 5 atom stereocenters. The zero-order valence-electron chi connectivity index (χ0n) is 21.8. The Kier molecular flexibility index (Phi) is 6.81. The minimum atomic E-state index is -1.03. The molecule has 2 heterocycles. The van der Waals surface area contributed by atoms with Gasteiger partial charge in [0.2, 0.25) is 5.91 Å². The molecule has 3 aromatic carbocycles. The second-order valence-electron chi connectivity index (χ2n) is 10.9. The van der Waals surface area contributed by atoms with Gasteiger partial charge in [0, 0.05) is 29.8 Å². The molecule has 0 spiro atoms. The van der Waals surface area contributed by atoms with Gasteiger partial charge >= 0.3 is 5.97 Å². The fourth-order valence-electron chi connectivity index (χ4n) is 6.79. The molecule has 200 valence electrons. The number of hydrogen-bond acceptors (Lipinski definition) is 4. The molecule has 39 heavy (non-hydrogen) atoms. The van der Waals surface area contributed by atoms with Crippen molar-refractivity contribution in [1.29, 1.82) is 0 Å². The lowest BCUT2D eigenvalue weighted by Crippen LogP contribution is -2.50. The SMILES string of the molecule is O=C(O)c1ccc(C(=O)N[C@@H]2CCCC[C@@H]2C(=O)N2CC[C@H]3[C@H](c4ccccc4)Nc4ccccc4[C@@H]32)cc1. The van der Waals surface area contributed by atoms with Crippen molar-refractivity contribution >= 4 is 23.5 Å². The predicted octanol–water partition coefficient (Wildman–Crippen LogP) is 5.43. The number of hydrogen-bond donors (Lipinski definition) is 3. The number of rotatable bonds is 5. The second kappa shape index (κ2) is 10.6. The van der Waals surface area contributed by atoms with Crippen LogP contribution in [0, 0.1) is 11.8 Å². The smallest absolute Gasteiger partial charge is 0.335 e. The van der Waals surface area contributed by atoms with E-state index in [9.17, 15) is 14.4 Å². The average molecular weight is 524 g/mol. The lowest BCUT2D eigenvalue weighted by Gasteiger charge is -2.42. The summed E-state index contributed by atoms with van der Waals surface area (Å²) in [6.07, 6.45) is 4.33. The summed E-state index contributed by atoms with van der Waals surface area (Å²) in [4.78, 5) is 40.6. The number of carboxylic acid groups (broad SMARTS) is 1. The maximum absolute atomic E-state index is 14.2. The Morgan fingerprint density at radius 3 is 2.28 bits per heavy atom. The summed E-state index contributed by atoms with van der Waals surface area (Å²) in [6.45, 7) is 0.696. The van der Waals surface area contributed by atoms with E-state index in [0.29, 0.717) is 12.1 Å². The van der Waals surface area contributed by atoms with Crippen molar-refractivity contribution in [2.45, 2.75) is 50.2 Å². The van der Waals surface area contributed by atoms with Gasteiger partial charge in [-0.2, -0.15) is 0 Å². The molecule has 0 unspecified atom stereocenters. The van der Waals surface area contributed by atoms with E-state index in [2.05, 4.69) is 51.9 Å². The molecule has 7 nitrogen and oxygen atoms in total. The molecule has 1 aliphatic carbocycles. The van der Waals surface area contributed by atoms with E-state index in [1.165, 1.54) is 29.8 Å². The first kappa shape index (κ1) is 25.2. The normalized spacial score (nSPS) is 25.6. The van der Waals surface area contributed by atoms with Crippen LogP contribution in [0.1, 0.15) is 76.0 Å². The lowest BCUT2D eigenvalue weighted by molar-refractivity contribution is -0.138. The number of nitrogens with zero attached hydrogens (tertiary/aromatic N) is 1. The number of benzene rings is 3. The third-order valence-electron chi connectivity index (χ3n) is 8.70. The van der Waals surface area contributed by atoms with Crippen molar-refractivity contribution in [3.05, 3.63) is 101 Å². The third kappa shape index (κ3) is 4.78. The van der Waals surface area contributed by atoms with Gasteiger partial charge in [0.15, 0.2) is 0 Å². The predicted molar refractivity (Wildman–Crippen MR) is 148 cm³/mol. The van der Waals surface area contributed by atoms with Crippen LogP contribution in [0.25, 0.3) is 0 Å². The van der Waals surface area contributed by atoms with E-state index in [-0.39, 0.29) is 47.3 Å². The largest absolute Gasteiger partial charge is 0.478 e. The van der Waals surface area contributed by atoms with Gasteiger partial charge in [-0.1, -0.05) is 61.4 Å². The Morgan fingerprint density at radius 2 is 1.51 bits per heavy atom. The van der Waals surface area contributed by atoms with Gasteiger partial charge in [-0.3, -0.25) is 9.59 Å². The first-order chi connectivity index (χ1) is 19.0. The fourth-order valence-corrected chi connectivity index (χ4v) is 6.79. The van der Waals surface area contributed by atoms with Crippen molar-refractivity contribution in [1.82, 2.24) is 10.2 Å². The number of para-hydroxylation sites is 1. The fraction of sp³-hybridized carbons (Fsp3) is 0.344. The number of amides is 2. The third-order valence-corrected chi connectivity index (χ3v) is 8.70.